The van der Waals surface area contributed by atoms with Gasteiger partial charge in [0.1, 0.15) is 10.6 Å². The zero-order chi connectivity index (χ0) is 22.8. The van der Waals surface area contributed by atoms with Crippen LogP contribution in [0.1, 0.15) is 40.5 Å². The molecule has 1 aliphatic rings. The van der Waals surface area contributed by atoms with E-state index in [4.69, 9.17) is 9.47 Å². The lowest BCUT2D eigenvalue weighted by Gasteiger charge is -2.26. The van der Waals surface area contributed by atoms with Gasteiger partial charge in [-0.05, 0) is 24.6 Å². The van der Waals surface area contributed by atoms with Crippen LogP contribution in [-0.4, -0.2) is 47.5 Å². The van der Waals surface area contributed by atoms with Gasteiger partial charge < -0.3 is 14.4 Å². The maximum atomic E-state index is 13.0. The molecule has 0 spiro atoms. The van der Waals surface area contributed by atoms with Crippen molar-refractivity contribution in [1.82, 2.24) is 9.55 Å². The molecule has 0 fully saturated rings. The molecule has 1 aromatic carbocycles. The fraction of sp³-hybridized carbons (Fsp3) is 0.318. The molecule has 10 heteroatoms. The number of aromatic nitrogens is 2. The summed E-state index contributed by atoms with van der Waals surface area (Å²) < 4.78 is 11.8. The molecular formula is C22H21N3O6S. The first-order valence-electron chi connectivity index (χ1n) is 10.1. The predicted molar refractivity (Wildman–Crippen MR) is 119 cm³/mol. The zero-order valence-corrected chi connectivity index (χ0v) is 18.4. The van der Waals surface area contributed by atoms with Crippen molar-refractivity contribution in [3.63, 3.8) is 0 Å². The van der Waals surface area contributed by atoms with Crippen LogP contribution >= 0.6 is 11.3 Å². The molecule has 1 aliphatic heterocycles. The minimum absolute atomic E-state index is 0.0538. The Balaban J connectivity index is 1.61. The number of nitrogens with zero attached hydrogens (tertiary/aromatic N) is 3. The zero-order valence-electron chi connectivity index (χ0n) is 17.6. The molecule has 2 aromatic heterocycles. The summed E-state index contributed by atoms with van der Waals surface area (Å²) in [5.41, 5.74) is 0.487. The van der Waals surface area contributed by atoms with Gasteiger partial charge in [-0.15, -0.1) is 11.3 Å². The first kappa shape index (κ1) is 21.7. The molecule has 3 aromatic rings. The molecule has 3 heterocycles. The Labute approximate surface area is 187 Å². The van der Waals surface area contributed by atoms with Crippen molar-refractivity contribution in [3.8, 4) is 5.75 Å². The van der Waals surface area contributed by atoms with E-state index in [1.165, 1.54) is 27.1 Å². The number of ether oxygens (including phenoxy) is 2. The first-order chi connectivity index (χ1) is 15.4. The maximum Gasteiger partial charge on any atom is 0.339 e. The molecule has 0 unspecified atom stereocenters. The summed E-state index contributed by atoms with van der Waals surface area (Å²) in [6.45, 7) is 1.94. The number of ketones is 1. The summed E-state index contributed by atoms with van der Waals surface area (Å²) in [6, 6.07) is 4.77. The van der Waals surface area contributed by atoms with Gasteiger partial charge in [0.2, 0.25) is 0 Å². The van der Waals surface area contributed by atoms with Gasteiger partial charge in [-0.25, -0.2) is 9.78 Å². The molecule has 0 N–H and O–H groups in total. The third-order valence-corrected chi connectivity index (χ3v) is 6.08. The molecule has 0 bridgehead atoms. The second kappa shape index (κ2) is 8.91. The number of benzene rings is 1. The summed E-state index contributed by atoms with van der Waals surface area (Å²) in [4.78, 5) is 56.3. The minimum Gasteiger partial charge on any atom is -0.482 e. The Morgan fingerprint density at radius 3 is 2.88 bits per heavy atom. The van der Waals surface area contributed by atoms with Crippen LogP contribution in [0, 0.1) is 0 Å². The molecule has 0 atom stereocenters. The summed E-state index contributed by atoms with van der Waals surface area (Å²) in [7, 11) is 1.61. The second-order valence-electron chi connectivity index (χ2n) is 7.34. The van der Waals surface area contributed by atoms with E-state index in [2.05, 4.69) is 4.98 Å². The Hall–Kier alpha value is -3.53. The highest BCUT2D eigenvalue weighted by molar-refractivity contribution is 7.17. The fourth-order valence-corrected chi connectivity index (χ4v) is 4.18. The summed E-state index contributed by atoms with van der Waals surface area (Å²) >= 11 is 1.17. The average Bonchev–Trinajstić information content (AvgIpc) is 3.23. The van der Waals surface area contributed by atoms with Gasteiger partial charge in [0, 0.05) is 18.0 Å². The van der Waals surface area contributed by atoms with E-state index in [1.807, 2.05) is 6.92 Å². The lowest BCUT2D eigenvalue weighted by atomic mass is 10.1. The molecule has 166 valence electrons. The Bertz CT molecular complexity index is 1280. The predicted octanol–water partition coefficient (Wildman–Crippen LogP) is 2.65. The van der Waals surface area contributed by atoms with E-state index in [0.717, 1.165) is 12.8 Å². The molecule has 9 nitrogen and oxygen atoms in total. The molecule has 1 amide bonds. The van der Waals surface area contributed by atoms with Gasteiger partial charge in [0.15, 0.2) is 12.4 Å². The quantitative estimate of drug-likeness (QED) is 0.306. The van der Waals surface area contributed by atoms with Crippen molar-refractivity contribution in [3.05, 3.63) is 51.4 Å². The highest BCUT2D eigenvalue weighted by atomic mass is 32.1. The van der Waals surface area contributed by atoms with E-state index in [9.17, 15) is 19.2 Å². The third-order valence-electron chi connectivity index (χ3n) is 5.19. The number of thiophene rings is 1. The van der Waals surface area contributed by atoms with Gasteiger partial charge in [-0.1, -0.05) is 13.3 Å². The Morgan fingerprint density at radius 1 is 1.28 bits per heavy atom. The number of unbranched alkanes of at least 4 members (excludes halogenated alkanes) is 1. The van der Waals surface area contributed by atoms with Crippen molar-refractivity contribution in [1.29, 1.82) is 0 Å². The molecule has 32 heavy (non-hydrogen) atoms. The molecule has 0 radical (unpaired) electrons. The van der Waals surface area contributed by atoms with Crippen LogP contribution in [-0.2, 0) is 16.1 Å². The van der Waals surface area contributed by atoms with Crippen LogP contribution in [0.2, 0.25) is 0 Å². The second-order valence-corrected chi connectivity index (χ2v) is 8.20. The fourth-order valence-electron chi connectivity index (χ4n) is 3.31. The standard InChI is InChI=1S/C22H21N3O6S/c1-3-4-7-30-22(29)14-11-32-20-19(14)21(28)25(12-23-20)9-16(26)13-5-6-17-15(8-13)24(2)18(27)10-31-17/h5-6,8,11-12H,3-4,7,9-10H2,1-2H3. The van der Waals surface area contributed by atoms with Crippen LogP contribution in [0.5, 0.6) is 5.75 Å². The summed E-state index contributed by atoms with van der Waals surface area (Å²) in [5, 5.41) is 1.70. The van der Waals surface area contributed by atoms with Crippen molar-refractivity contribution >= 4 is 44.9 Å². The highest BCUT2D eigenvalue weighted by Gasteiger charge is 2.24. The number of carbonyl (C=O) groups excluding carboxylic acids is 3. The minimum atomic E-state index is -0.574. The Kier molecular flexibility index (Phi) is 6.04. The van der Waals surface area contributed by atoms with Crippen molar-refractivity contribution < 1.29 is 23.9 Å². The van der Waals surface area contributed by atoms with Crippen LogP contribution in [0.25, 0.3) is 10.2 Å². The number of amides is 1. The van der Waals surface area contributed by atoms with Gasteiger partial charge in [0.05, 0.1) is 36.1 Å². The number of fused-ring (bicyclic) bond motifs is 2. The molecule has 4 rings (SSSR count). The van der Waals surface area contributed by atoms with Gasteiger partial charge in [-0.3, -0.25) is 19.0 Å². The molecule has 0 saturated heterocycles. The van der Waals surface area contributed by atoms with Crippen molar-refractivity contribution in [2.45, 2.75) is 26.3 Å². The van der Waals surface area contributed by atoms with Crippen LogP contribution in [0.15, 0.2) is 34.7 Å². The monoisotopic (exact) mass is 455 g/mol. The third kappa shape index (κ3) is 4.01. The SMILES string of the molecule is CCCCOC(=O)c1csc2ncn(CC(=O)c3ccc4c(c3)N(C)C(=O)CO4)c(=O)c12. The number of anilines is 1. The summed E-state index contributed by atoms with van der Waals surface area (Å²) in [5.74, 6) is -0.628. The number of hydrogen-bond acceptors (Lipinski definition) is 8. The number of esters is 1. The van der Waals surface area contributed by atoms with E-state index in [1.54, 1.807) is 30.6 Å². The van der Waals surface area contributed by atoms with Crippen LogP contribution in [0.3, 0.4) is 0 Å². The number of rotatable bonds is 7. The van der Waals surface area contributed by atoms with Gasteiger partial charge in [-0.2, -0.15) is 0 Å². The van der Waals surface area contributed by atoms with Gasteiger partial charge >= 0.3 is 5.97 Å². The van der Waals surface area contributed by atoms with E-state index in [-0.39, 0.29) is 42.4 Å². The van der Waals surface area contributed by atoms with E-state index in [0.29, 0.717) is 21.8 Å². The average molecular weight is 455 g/mol. The molecule has 0 aliphatic carbocycles. The molecule has 0 saturated carbocycles. The lowest BCUT2D eigenvalue weighted by molar-refractivity contribution is -0.121. The van der Waals surface area contributed by atoms with E-state index >= 15 is 0 Å². The van der Waals surface area contributed by atoms with Crippen LogP contribution < -0.4 is 15.2 Å². The lowest BCUT2D eigenvalue weighted by Crippen LogP contribution is -2.35. The highest BCUT2D eigenvalue weighted by Crippen LogP contribution is 2.32. The number of likely N-dealkylation sites (N-methyl/N-ethyl adjacent to an activating group) is 1. The van der Waals surface area contributed by atoms with Gasteiger partial charge in [0.25, 0.3) is 11.5 Å². The largest absolute Gasteiger partial charge is 0.482 e. The summed E-state index contributed by atoms with van der Waals surface area (Å²) in [6.07, 6.45) is 2.91. The smallest absolute Gasteiger partial charge is 0.339 e. The Morgan fingerprint density at radius 2 is 2.09 bits per heavy atom. The van der Waals surface area contributed by atoms with Crippen molar-refractivity contribution in [2.24, 2.45) is 0 Å². The normalized spacial score (nSPS) is 13.1. The molecular weight excluding hydrogens is 434 g/mol. The number of carbonyl (C=O) groups is 3. The van der Waals surface area contributed by atoms with Crippen molar-refractivity contribution in [2.75, 3.05) is 25.2 Å². The topological polar surface area (TPSA) is 108 Å². The number of Topliss-reactive ketones (excluding diaryl/α,β-unsaturated/α-hetero) is 1. The van der Waals surface area contributed by atoms with Crippen LogP contribution in [0.4, 0.5) is 5.69 Å². The first-order valence-corrected chi connectivity index (χ1v) is 11.0. The number of hydrogen-bond donors (Lipinski definition) is 0. The van der Waals surface area contributed by atoms with E-state index < -0.39 is 11.5 Å². The maximum absolute atomic E-state index is 13.0.